The molecule has 1 saturated heterocycles. The Morgan fingerprint density at radius 3 is 2.75 bits per heavy atom. The van der Waals surface area contributed by atoms with Gasteiger partial charge in [-0.15, -0.1) is 6.42 Å². The first-order valence-corrected chi connectivity index (χ1v) is 6.99. The molecule has 0 bridgehead atoms. The summed E-state index contributed by atoms with van der Waals surface area (Å²) in [6.07, 6.45) is 6.92. The number of carbonyl (C=O) groups is 2. The molecule has 2 atom stereocenters. The zero-order valence-electron chi connectivity index (χ0n) is 12.5. The molecule has 0 aliphatic carbocycles. The number of rotatable bonds is 5. The normalized spacial score (nSPS) is 21.8. The molecule has 1 aliphatic heterocycles. The van der Waals surface area contributed by atoms with Gasteiger partial charge in [0.15, 0.2) is 0 Å². The number of amides is 1. The third-order valence-electron chi connectivity index (χ3n) is 4.32. The highest BCUT2D eigenvalue weighted by Crippen LogP contribution is 2.34. The van der Waals surface area contributed by atoms with E-state index in [1.54, 1.807) is 13.8 Å². The Kier molecular flexibility index (Phi) is 5.58. The molecule has 0 saturated carbocycles. The van der Waals surface area contributed by atoms with Crippen molar-refractivity contribution in [2.45, 2.75) is 39.7 Å². The molecule has 112 valence electrons. The van der Waals surface area contributed by atoms with Crippen LogP contribution >= 0.6 is 0 Å². The summed E-state index contributed by atoms with van der Waals surface area (Å²) in [5.74, 6) is 1.54. The highest BCUT2D eigenvalue weighted by atomic mass is 16.4. The van der Waals surface area contributed by atoms with Gasteiger partial charge in [0, 0.05) is 6.54 Å². The van der Waals surface area contributed by atoms with Crippen LogP contribution < -0.4 is 5.32 Å². The van der Waals surface area contributed by atoms with Gasteiger partial charge in [-0.2, -0.15) is 0 Å². The van der Waals surface area contributed by atoms with Crippen molar-refractivity contribution in [3.63, 3.8) is 0 Å². The Morgan fingerprint density at radius 1 is 1.55 bits per heavy atom. The Bertz CT molecular complexity index is 412. The molecule has 1 heterocycles. The van der Waals surface area contributed by atoms with E-state index < -0.39 is 11.4 Å². The molecule has 0 radical (unpaired) electrons. The molecule has 1 aliphatic rings. The van der Waals surface area contributed by atoms with Crippen LogP contribution in [-0.2, 0) is 9.59 Å². The van der Waals surface area contributed by atoms with Gasteiger partial charge in [0.25, 0.3) is 0 Å². The van der Waals surface area contributed by atoms with E-state index >= 15 is 0 Å². The number of carbonyl (C=O) groups excluding carboxylic acids is 1. The Morgan fingerprint density at radius 2 is 2.20 bits per heavy atom. The number of likely N-dealkylation sites (tertiary alicyclic amines) is 1. The highest BCUT2D eigenvalue weighted by Gasteiger charge is 2.40. The summed E-state index contributed by atoms with van der Waals surface area (Å²) in [4.78, 5) is 25.3. The van der Waals surface area contributed by atoms with Crippen LogP contribution in [0.15, 0.2) is 0 Å². The number of hydrogen-bond donors (Lipinski definition) is 2. The van der Waals surface area contributed by atoms with Gasteiger partial charge in [0.2, 0.25) is 5.91 Å². The first-order valence-electron chi connectivity index (χ1n) is 6.99. The van der Waals surface area contributed by atoms with Crippen LogP contribution in [0, 0.1) is 23.7 Å². The van der Waals surface area contributed by atoms with E-state index in [1.807, 2.05) is 11.8 Å². The minimum atomic E-state index is -0.784. The quantitative estimate of drug-likeness (QED) is 0.736. The topological polar surface area (TPSA) is 69.6 Å². The Labute approximate surface area is 120 Å². The summed E-state index contributed by atoms with van der Waals surface area (Å²) >= 11 is 0. The van der Waals surface area contributed by atoms with Crippen molar-refractivity contribution >= 4 is 11.9 Å². The standard InChI is InChI=1S/C15H24N2O3/c1-5-8-16-13(18)11(2)17-9-6-7-12(10-17)15(3,4)14(19)20/h1,11-12H,6-10H2,2-4H3,(H,16,18)(H,19,20). The Hall–Kier alpha value is -1.54. The molecular weight excluding hydrogens is 256 g/mol. The molecule has 1 rings (SSSR count). The van der Waals surface area contributed by atoms with Crippen LogP contribution in [0.5, 0.6) is 0 Å². The van der Waals surface area contributed by atoms with E-state index in [1.165, 1.54) is 0 Å². The molecule has 1 amide bonds. The molecule has 20 heavy (non-hydrogen) atoms. The minimum absolute atomic E-state index is 0.0524. The van der Waals surface area contributed by atoms with Gasteiger partial charge < -0.3 is 10.4 Å². The van der Waals surface area contributed by atoms with Gasteiger partial charge >= 0.3 is 5.97 Å². The number of hydrogen-bond acceptors (Lipinski definition) is 3. The highest BCUT2D eigenvalue weighted by molar-refractivity contribution is 5.81. The third kappa shape index (κ3) is 3.73. The lowest BCUT2D eigenvalue weighted by Gasteiger charge is -2.41. The predicted molar refractivity (Wildman–Crippen MR) is 77.0 cm³/mol. The smallest absolute Gasteiger partial charge is 0.309 e. The maximum Gasteiger partial charge on any atom is 0.309 e. The average molecular weight is 280 g/mol. The summed E-state index contributed by atoms with van der Waals surface area (Å²) in [7, 11) is 0. The SMILES string of the molecule is C#CCNC(=O)C(C)N1CCCC(C(C)(C)C(=O)O)C1. The molecule has 0 aromatic heterocycles. The van der Waals surface area contributed by atoms with E-state index in [0.29, 0.717) is 6.54 Å². The third-order valence-corrected chi connectivity index (χ3v) is 4.32. The maximum absolute atomic E-state index is 11.9. The average Bonchev–Trinajstić information content (AvgIpc) is 2.43. The molecule has 0 aromatic rings. The predicted octanol–water partition coefficient (Wildman–Crippen LogP) is 0.947. The van der Waals surface area contributed by atoms with E-state index in [9.17, 15) is 14.7 Å². The molecule has 2 unspecified atom stereocenters. The second-order valence-electron chi connectivity index (χ2n) is 5.96. The van der Waals surface area contributed by atoms with Crippen LogP contribution in [0.4, 0.5) is 0 Å². The fraction of sp³-hybridized carbons (Fsp3) is 0.733. The van der Waals surface area contributed by atoms with Crippen LogP contribution in [0.3, 0.4) is 0 Å². The zero-order chi connectivity index (χ0) is 15.3. The molecule has 0 aromatic carbocycles. The van der Waals surface area contributed by atoms with Crippen molar-refractivity contribution in [2.24, 2.45) is 11.3 Å². The van der Waals surface area contributed by atoms with Gasteiger partial charge in [0.1, 0.15) is 0 Å². The minimum Gasteiger partial charge on any atom is -0.481 e. The van der Waals surface area contributed by atoms with E-state index in [0.717, 1.165) is 19.4 Å². The van der Waals surface area contributed by atoms with Gasteiger partial charge in [-0.3, -0.25) is 14.5 Å². The summed E-state index contributed by atoms with van der Waals surface area (Å²) < 4.78 is 0. The van der Waals surface area contributed by atoms with E-state index in [2.05, 4.69) is 11.2 Å². The number of piperidine rings is 1. The van der Waals surface area contributed by atoms with Gasteiger partial charge in [-0.1, -0.05) is 5.92 Å². The second-order valence-corrected chi connectivity index (χ2v) is 5.96. The second kappa shape index (κ2) is 6.76. The van der Waals surface area contributed by atoms with Crippen LogP contribution in [0.2, 0.25) is 0 Å². The van der Waals surface area contributed by atoms with Gasteiger partial charge in [-0.05, 0) is 46.1 Å². The number of nitrogens with one attached hydrogen (secondary N) is 1. The Balaban J connectivity index is 2.67. The van der Waals surface area contributed by atoms with Gasteiger partial charge in [0.05, 0.1) is 18.0 Å². The fourth-order valence-electron chi connectivity index (χ4n) is 2.57. The van der Waals surface area contributed by atoms with Crippen molar-refractivity contribution in [3.05, 3.63) is 0 Å². The molecule has 1 fully saturated rings. The monoisotopic (exact) mass is 280 g/mol. The van der Waals surface area contributed by atoms with Crippen molar-refractivity contribution in [2.75, 3.05) is 19.6 Å². The number of terminal acetylenes is 1. The first kappa shape index (κ1) is 16.5. The summed E-state index contributed by atoms with van der Waals surface area (Å²) in [5.41, 5.74) is -0.770. The fourth-order valence-corrected chi connectivity index (χ4v) is 2.57. The van der Waals surface area contributed by atoms with Crippen LogP contribution in [0.1, 0.15) is 33.6 Å². The number of aliphatic carboxylic acids is 1. The lowest BCUT2D eigenvalue weighted by atomic mass is 9.74. The van der Waals surface area contributed by atoms with E-state index in [4.69, 9.17) is 6.42 Å². The first-order chi connectivity index (χ1) is 9.30. The lowest BCUT2D eigenvalue weighted by molar-refractivity contribution is -0.151. The largest absolute Gasteiger partial charge is 0.481 e. The van der Waals surface area contributed by atoms with Crippen LogP contribution in [-0.4, -0.2) is 47.6 Å². The van der Waals surface area contributed by atoms with Crippen molar-refractivity contribution in [3.8, 4) is 12.3 Å². The summed E-state index contributed by atoms with van der Waals surface area (Å²) in [6.45, 7) is 7.02. The van der Waals surface area contributed by atoms with Crippen molar-refractivity contribution in [1.82, 2.24) is 10.2 Å². The molecule has 2 N–H and O–H groups in total. The lowest BCUT2D eigenvalue weighted by Crippen LogP contribution is -2.52. The van der Waals surface area contributed by atoms with E-state index in [-0.39, 0.29) is 24.4 Å². The molecule has 5 heteroatoms. The molecule has 0 spiro atoms. The molecule has 5 nitrogen and oxygen atoms in total. The maximum atomic E-state index is 11.9. The molecular formula is C15H24N2O3. The summed E-state index contributed by atoms with van der Waals surface area (Å²) in [6, 6.07) is -0.282. The van der Waals surface area contributed by atoms with Crippen molar-refractivity contribution < 1.29 is 14.7 Å². The number of nitrogens with zero attached hydrogens (tertiary/aromatic N) is 1. The summed E-state index contributed by atoms with van der Waals surface area (Å²) in [5, 5.41) is 12.0. The number of carboxylic acids is 1. The van der Waals surface area contributed by atoms with Crippen molar-refractivity contribution in [1.29, 1.82) is 0 Å². The van der Waals surface area contributed by atoms with Crippen LogP contribution in [0.25, 0.3) is 0 Å². The number of carboxylic acid groups (broad SMARTS) is 1. The van der Waals surface area contributed by atoms with Gasteiger partial charge in [-0.25, -0.2) is 0 Å². The zero-order valence-corrected chi connectivity index (χ0v) is 12.5.